The molecule has 1 aliphatic rings. The molecule has 0 aromatic carbocycles. The summed E-state index contributed by atoms with van der Waals surface area (Å²) in [6.07, 6.45) is 0.797. The monoisotopic (exact) mass is 143 g/mol. The van der Waals surface area contributed by atoms with Gasteiger partial charge in [-0.3, -0.25) is 4.79 Å². The summed E-state index contributed by atoms with van der Waals surface area (Å²) in [5.74, 6) is 0.362. The fourth-order valence-corrected chi connectivity index (χ4v) is 1.27. The quantitative estimate of drug-likeness (QED) is 0.550. The number of carbonyl (C=O) groups excluding carboxylic acids is 1. The van der Waals surface area contributed by atoms with Crippen molar-refractivity contribution in [1.82, 2.24) is 5.32 Å². The molecule has 0 unspecified atom stereocenters. The minimum Gasteiger partial charge on any atom is -0.395 e. The van der Waals surface area contributed by atoms with E-state index in [-0.39, 0.29) is 24.3 Å². The molecule has 1 fully saturated rings. The Balaban J connectivity index is 2.35. The summed E-state index contributed by atoms with van der Waals surface area (Å²) < 4.78 is 0. The van der Waals surface area contributed by atoms with Crippen LogP contribution in [0.15, 0.2) is 0 Å². The number of carbonyl (C=O) groups is 1. The maximum absolute atomic E-state index is 10.8. The molecule has 2 atom stereocenters. The second kappa shape index (κ2) is 3.12. The molecule has 0 radical (unpaired) electrons. The van der Waals surface area contributed by atoms with Crippen LogP contribution < -0.4 is 5.32 Å². The van der Waals surface area contributed by atoms with Crippen molar-refractivity contribution in [3.63, 3.8) is 0 Å². The maximum atomic E-state index is 10.8. The smallest absolute Gasteiger partial charge is 0.134 e. The Morgan fingerprint density at radius 3 is 2.80 bits per heavy atom. The van der Waals surface area contributed by atoms with Crippen LogP contribution >= 0.6 is 0 Å². The van der Waals surface area contributed by atoms with E-state index in [0.717, 1.165) is 13.0 Å². The number of rotatable bonds is 2. The highest BCUT2D eigenvalue weighted by atomic mass is 16.3. The van der Waals surface area contributed by atoms with Crippen molar-refractivity contribution in [3.8, 4) is 0 Å². The highest BCUT2D eigenvalue weighted by Gasteiger charge is 2.25. The molecule has 1 aliphatic heterocycles. The summed E-state index contributed by atoms with van der Waals surface area (Å²) in [7, 11) is 0. The lowest BCUT2D eigenvalue weighted by atomic mass is 10.0. The van der Waals surface area contributed by atoms with E-state index in [1.807, 2.05) is 0 Å². The van der Waals surface area contributed by atoms with Gasteiger partial charge in [0.25, 0.3) is 0 Å². The fraction of sp³-hybridized carbons (Fsp3) is 0.857. The Bertz CT molecular complexity index is 136. The average Bonchev–Trinajstić information content (AvgIpc) is 2.34. The van der Waals surface area contributed by atoms with Gasteiger partial charge in [0.2, 0.25) is 0 Å². The topological polar surface area (TPSA) is 49.3 Å². The molecule has 58 valence electrons. The van der Waals surface area contributed by atoms with Gasteiger partial charge in [-0.2, -0.15) is 0 Å². The molecule has 2 N–H and O–H groups in total. The number of hydrogen-bond acceptors (Lipinski definition) is 3. The summed E-state index contributed by atoms with van der Waals surface area (Å²) in [6, 6.07) is 0.147. The molecule has 0 spiro atoms. The highest BCUT2D eigenvalue weighted by molar-refractivity contribution is 5.78. The van der Waals surface area contributed by atoms with Crippen molar-refractivity contribution in [2.24, 2.45) is 5.92 Å². The molecule has 3 nitrogen and oxygen atoms in total. The summed E-state index contributed by atoms with van der Waals surface area (Å²) >= 11 is 0. The SMILES string of the molecule is CC(=O)[C@H]1CN[C@H](CO)C1. The molecule has 0 bridgehead atoms. The van der Waals surface area contributed by atoms with Crippen LogP contribution in [0.3, 0.4) is 0 Å². The van der Waals surface area contributed by atoms with E-state index in [0.29, 0.717) is 0 Å². The van der Waals surface area contributed by atoms with Gasteiger partial charge in [-0.25, -0.2) is 0 Å². The third-order valence-electron chi connectivity index (χ3n) is 2.02. The lowest BCUT2D eigenvalue weighted by molar-refractivity contribution is -0.120. The van der Waals surface area contributed by atoms with Crippen molar-refractivity contribution in [2.75, 3.05) is 13.2 Å². The first kappa shape index (κ1) is 7.69. The molecule has 0 aromatic heterocycles. The Kier molecular flexibility index (Phi) is 2.40. The molecule has 1 rings (SSSR count). The lowest BCUT2D eigenvalue weighted by Crippen LogP contribution is -2.24. The second-order valence-corrected chi connectivity index (χ2v) is 2.83. The van der Waals surface area contributed by atoms with Crippen LogP contribution in [0, 0.1) is 5.92 Å². The van der Waals surface area contributed by atoms with Crippen LogP contribution in [0.25, 0.3) is 0 Å². The molecule has 3 heteroatoms. The van der Waals surface area contributed by atoms with Gasteiger partial charge >= 0.3 is 0 Å². The maximum Gasteiger partial charge on any atom is 0.134 e. The summed E-state index contributed by atoms with van der Waals surface area (Å²) in [4.78, 5) is 10.8. The highest BCUT2D eigenvalue weighted by Crippen LogP contribution is 2.13. The number of aliphatic hydroxyl groups is 1. The Morgan fingerprint density at radius 2 is 2.50 bits per heavy atom. The number of Topliss-reactive ketones (excluding diaryl/α,β-unsaturated/α-hetero) is 1. The van der Waals surface area contributed by atoms with E-state index < -0.39 is 0 Å². The van der Waals surface area contributed by atoms with Crippen molar-refractivity contribution in [3.05, 3.63) is 0 Å². The summed E-state index contributed by atoms with van der Waals surface area (Å²) in [5.41, 5.74) is 0. The minimum atomic E-state index is 0.136. The predicted octanol–water partition coefficient (Wildman–Crippen LogP) is -0.454. The lowest BCUT2D eigenvalue weighted by Gasteiger charge is -2.03. The van der Waals surface area contributed by atoms with Gasteiger partial charge in [0.15, 0.2) is 0 Å². The van der Waals surface area contributed by atoms with Gasteiger partial charge in [0.05, 0.1) is 6.61 Å². The molecule has 0 saturated carbocycles. The van der Waals surface area contributed by atoms with Crippen LogP contribution in [0.1, 0.15) is 13.3 Å². The molecule has 1 saturated heterocycles. The number of ketones is 1. The van der Waals surface area contributed by atoms with Gasteiger partial charge < -0.3 is 10.4 Å². The zero-order valence-corrected chi connectivity index (χ0v) is 6.13. The standard InChI is InChI=1S/C7H13NO2/c1-5(10)6-2-7(4-9)8-3-6/h6-9H,2-4H2,1H3/t6-,7+/m1/s1. The molecule has 10 heavy (non-hydrogen) atoms. The molecule has 0 amide bonds. The largest absolute Gasteiger partial charge is 0.395 e. The van der Waals surface area contributed by atoms with Crippen molar-refractivity contribution in [1.29, 1.82) is 0 Å². The Hall–Kier alpha value is -0.410. The van der Waals surface area contributed by atoms with E-state index in [9.17, 15) is 4.79 Å². The van der Waals surface area contributed by atoms with Crippen molar-refractivity contribution >= 4 is 5.78 Å². The first-order chi connectivity index (χ1) is 4.74. The normalized spacial score (nSPS) is 32.6. The van der Waals surface area contributed by atoms with Crippen LogP contribution in [0.4, 0.5) is 0 Å². The minimum absolute atomic E-state index is 0.136. The van der Waals surface area contributed by atoms with E-state index in [1.165, 1.54) is 0 Å². The first-order valence-corrected chi connectivity index (χ1v) is 3.58. The van der Waals surface area contributed by atoms with Crippen LogP contribution in [-0.2, 0) is 4.79 Å². The summed E-state index contributed by atoms with van der Waals surface area (Å²) in [5, 5.41) is 11.8. The fourth-order valence-electron chi connectivity index (χ4n) is 1.27. The third kappa shape index (κ3) is 1.55. The third-order valence-corrected chi connectivity index (χ3v) is 2.02. The number of hydrogen-bond donors (Lipinski definition) is 2. The van der Waals surface area contributed by atoms with Crippen molar-refractivity contribution in [2.45, 2.75) is 19.4 Å². The Labute approximate surface area is 60.4 Å². The van der Waals surface area contributed by atoms with Gasteiger partial charge in [-0.15, -0.1) is 0 Å². The van der Waals surface area contributed by atoms with Gasteiger partial charge in [0.1, 0.15) is 5.78 Å². The molecular formula is C7H13NO2. The molecule has 1 heterocycles. The zero-order chi connectivity index (χ0) is 7.56. The Morgan fingerprint density at radius 1 is 1.80 bits per heavy atom. The molecular weight excluding hydrogens is 130 g/mol. The van der Waals surface area contributed by atoms with Gasteiger partial charge in [-0.05, 0) is 13.3 Å². The zero-order valence-electron chi connectivity index (χ0n) is 6.13. The van der Waals surface area contributed by atoms with Crippen LogP contribution in [0.2, 0.25) is 0 Å². The van der Waals surface area contributed by atoms with Crippen LogP contribution in [0.5, 0.6) is 0 Å². The van der Waals surface area contributed by atoms with E-state index in [2.05, 4.69) is 5.32 Å². The van der Waals surface area contributed by atoms with E-state index in [1.54, 1.807) is 6.92 Å². The second-order valence-electron chi connectivity index (χ2n) is 2.83. The first-order valence-electron chi connectivity index (χ1n) is 3.58. The molecule has 0 aromatic rings. The van der Waals surface area contributed by atoms with Crippen LogP contribution in [-0.4, -0.2) is 30.1 Å². The van der Waals surface area contributed by atoms with Crippen molar-refractivity contribution < 1.29 is 9.90 Å². The number of nitrogens with one attached hydrogen (secondary N) is 1. The van der Waals surface area contributed by atoms with Gasteiger partial charge in [0, 0.05) is 18.5 Å². The van der Waals surface area contributed by atoms with E-state index in [4.69, 9.17) is 5.11 Å². The summed E-state index contributed by atoms with van der Waals surface area (Å²) in [6.45, 7) is 2.48. The average molecular weight is 143 g/mol. The molecule has 0 aliphatic carbocycles. The predicted molar refractivity (Wildman–Crippen MR) is 37.7 cm³/mol. The number of aliphatic hydroxyl groups excluding tert-OH is 1. The van der Waals surface area contributed by atoms with Gasteiger partial charge in [-0.1, -0.05) is 0 Å². The van der Waals surface area contributed by atoms with E-state index >= 15 is 0 Å².